The molecule has 2 heterocycles. The zero-order chi connectivity index (χ0) is 26.2. The number of aromatic nitrogens is 1. The van der Waals surface area contributed by atoms with Crippen LogP contribution in [0.5, 0.6) is 5.75 Å². The van der Waals surface area contributed by atoms with Gasteiger partial charge in [0.15, 0.2) is 11.4 Å². The van der Waals surface area contributed by atoms with Gasteiger partial charge in [0.2, 0.25) is 5.91 Å². The molecule has 1 amide bonds. The maximum atomic E-state index is 13.1. The van der Waals surface area contributed by atoms with Crippen molar-refractivity contribution in [2.45, 2.75) is 57.7 Å². The molecule has 1 aromatic heterocycles. The molecule has 0 radical (unpaired) electrons. The van der Waals surface area contributed by atoms with Crippen molar-refractivity contribution in [2.75, 3.05) is 18.1 Å². The highest BCUT2D eigenvalue weighted by atomic mass is 19.4. The number of benzene rings is 1. The number of amides is 1. The molecule has 2 aromatic rings. The van der Waals surface area contributed by atoms with E-state index in [2.05, 4.69) is 0 Å². The number of anilines is 1. The van der Waals surface area contributed by atoms with Gasteiger partial charge in [0.1, 0.15) is 6.04 Å². The molecular formula is C25H30F3N3O5. The van der Waals surface area contributed by atoms with Crippen molar-refractivity contribution < 1.29 is 37.0 Å². The number of hydrogen-bond donors (Lipinski definition) is 1. The number of aryl methyl sites for hydroxylation is 1. The van der Waals surface area contributed by atoms with Gasteiger partial charge < -0.3 is 24.7 Å². The number of carbonyl (C=O) groups excluding carboxylic acids is 3. The highest BCUT2D eigenvalue weighted by Gasteiger charge is 2.44. The Bertz CT molecular complexity index is 1170. The number of carbonyl (C=O) groups is 3. The number of primary amides is 1. The lowest BCUT2D eigenvalue weighted by Crippen LogP contribution is -2.46. The zero-order valence-electron chi connectivity index (χ0n) is 20.3. The van der Waals surface area contributed by atoms with Crippen LogP contribution in [0.2, 0.25) is 0 Å². The lowest BCUT2D eigenvalue weighted by Gasteiger charge is -2.33. The average molecular weight is 510 g/mol. The lowest BCUT2D eigenvalue weighted by atomic mass is 9.76. The van der Waals surface area contributed by atoms with Crippen LogP contribution in [-0.4, -0.2) is 47.8 Å². The molecule has 0 bridgehead atoms. The van der Waals surface area contributed by atoms with Crippen LogP contribution >= 0.6 is 0 Å². The van der Waals surface area contributed by atoms with Crippen LogP contribution in [0, 0.1) is 11.8 Å². The summed E-state index contributed by atoms with van der Waals surface area (Å²) in [5, 5.41) is 0.125. The summed E-state index contributed by atoms with van der Waals surface area (Å²) in [6.07, 6.45) is 1.02. The van der Waals surface area contributed by atoms with Crippen molar-refractivity contribution in [1.29, 1.82) is 0 Å². The molecule has 8 nitrogen and oxygen atoms in total. The molecule has 4 rings (SSSR count). The molecule has 2 fully saturated rings. The second-order valence-corrected chi connectivity index (χ2v) is 9.44. The first-order valence-corrected chi connectivity index (χ1v) is 12.2. The fourth-order valence-electron chi connectivity index (χ4n) is 5.79. The fraction of sp³-hybridized carbons (Fsp3) is 0.560. The molecule has 196 valence electrons. The quantitative estimate of drug-likeness (QED) is 0.589. The van der Waals surface area contributed by atoms with E-state index in [1.165, 1.54) is 24.1 Å². The van der Waals surface area contributed by atoms with Gasteiger partial charge >= 0.3 is 18.1 Å². The largest absolute Gasteiger partial charge is 0.491 e. The molecule has 1 aliphatic heterocycles. The van der Waals surface area contributed by atoms with Gasteiger partial charge in [-0.25, -0.2) is 9.59 Å². The predicted octanol–water partition coefficient (Wildman–Crippen LogP) is 4.08. The number of ether oxygens (including phenoxy) is 2. The Hall–Kier alpha value is -3.24. The topological polar surface area (TPSA) is 104 Å². The monoisotopic (exact) mass is 509 g/mol. The number of hydrogen-bond acceptors (Lipinski definition) is 6. The molecule has 1 saturated heterocycles. The number of alkyl halides is 3. The third-order valence-electron chi connectivity index (χ3n) is 7.35. The molecule has 1 aliphatic carbocycles. The average Bonchev–Trinajstić information content (AvgIpc) is 3.39. The third-order valence-corrected chi connectivity index (χ3v) is 7.35. The highest BCUT2D eigenvalue weighted by Crippen LogP contribution is 2.43. The van der Waals surface area contributed by atoms with Crippen molar-refractivity contribution >= 4 is 34.4 Å². The Morgan fingerprint density at radius 1 is 1.11 bits per heavy atom. The molecule has 1 saturated carbocycles. The molecule has 0 unspecified atom stereocenters. The molecule has 2 aliphatic rings. The first-order valence-electron chi connectivity index (χ1n) is 12.2. The SMILES string of the molecule is CCOC(=O)c1c(OC(=O)C(F)(F)F)c2cc(N3CC[C@@H](C4CCCCC4)[C@H]3C(N)=O)ccc2n1C. The van der Waals surface area contributed by atoms with E-state index >= 15 is 0 Å². The Labute approximate surface area is 206 Å². The maximum absolute atomic E-state index is 13.1. The number of esters is 2. The van der Waals surface area contributed by atoms with E-state index in [0.717, 1.165) is 32.1 Å². The molecule has 0 spiro atoms. The number of rotatable bonds is 6. The molecule has 36 heavy (non-hydrogen) atoms. The summed E-state index contributed by atoms with van der Waals surface area (Å²) >= 11 is 0. The summed E-state index contributed by atoms with van der Waals surface area (Å²) in [7, 11) is 1.47. The second kappa shape index (κ2) is 10.0. The minimum atomic E-state index is -5.26. The third kappa shape index (κ3) is 4.75. The van der Waals surface area contributed by atoms with Gasteiger partial charge in [-0.05, 0) is 43.4 Å². The Kier molecular flexibility index (Phi) is 7.19. The molecule has 11 heteroatoms. The standard InChI is InChI=1S/C25H30F3N3O5/c1-3-35-23(33)20-21(36-24(34)25(26,27)28)17-13-15(9-10-18(17)30(20)2)31-12-11-16(19(31)22(29)32)14-7-5-4-6-8-14/h9-10,13-14,16,19H,3-8,11-12H2,1-2H3,(H2,29,32)/t16-,19-/m0/s1. The number of fused-ring (bicyclic) bond motifs is 1. The van der Waals surface area contributed by atoms with Gasteiger partial charge in [0.25, 0.3) is 0 Å². The van der Waals surface area contributed by atoms with Crippen LogP contribution in [0.4, 0.5) is 18.9 Å². The smallest absolute Gasteiger partial charge is 0.461 e. The van der Waals surface area contributed by atoms with E-state index < -0.39 is 35.8 Å². The number of nitrogens with zero attached hydrogens (tertiary/aromatic N) is 2. The van der Waals surface area contributed by atoms with E-state index in [-0.39, 0.29) is 23.6 Å². The van der Waals surface area contributed by atoms with Gasteiger partial charge in [-0.3, -0.25) is 4.79 Å². The van der Waals surface area contributed by atoms with E-state index in [0.29, 0.717) is 23.7 Å². The summed E-state index contributed by atoms with van der Waals surface area (Å²) in [6.45, 7) is 2.09. The van der Waals surface area contributed by atoms with Crippen LogP contribution < -0.4 is 15.4 Å². The lowest BCUT2D eigenvalue weighted by molar-refractivity contribution is -0.189. The van der Waals surface area contributed by atoms with E-state index in [1.807, 2.05) is 4.90 Å². The van der Waals surface area contributed by atoms with E-state index in [4.69, 9.17) is 15.2 Å². The van der Waals surface area contributed by atoms with Crippen LogP contribution in [0.1, 0.15) is 55.9 Å². The molecule has 1 aromatic carbocycles. The van der Waals surface area contributed by atoms with Gasteiger partial charge in [-0.1, -0.05) is 32.1 Å². The van der Waals surface area contributed by atoms with Crippen LogP contribution in [0.3, 0.4) is 0 Å². The van der Waals surface area contributed by atoms with Crippen molar-refractivity contribution in [2.24, 2.45) is 24.6 Å². The normalized spacial score (nSPS) is 21.1. The Morgan fingerprint density at radius 2 is 1.81 bits per heavy atom. The van der Waals surface area contributed by atoms with Crippen LogP contribution in [0.25, 0.3) is 10.9 Å². The summed E-state index contributed by atoms with van der Waals surface area (Å²) in [4.78, 5) is 38.8. The maximum Gasteiger partial charge on any atom is 0.491 e. The highest BCUT2D eigenvalue weighted by molar-refractivity contribution is 6.04. The van der Waals surface area contributed by atoms with Gasteiger partial charge in [0, 0.05) is 24.7 Å². The van der Waals surface area contributed by atoms with E-state index in [1.54, 1.807) is 19.1 Å². The molecule has 2 atom stereocenters. The van der Waals surface area contributed by atoms with Gasteiger partial charge in [-0.2, -0.15) is 13.2 Å². The first-order chi connectivity index (χ1) is 17.0. The summed E-state index contributed by atoms with van der Waals surface area (Å²) < 4.78 is 50.2. The van der Waals surface area contributed by atoms with Crippen molar-refractivity contribution in [3.63, 3.8) is 0 Å². The second-order valence-electron chi connectivity index (χ2n) is 9.44. The zero-order valence-corrected chi connectivity index (χ0v) is 20.3. The summed E-state index contributed by atoms with van der Waals surface area (Å²) in [5.74, 6) is -3.87. The molecular weight excluding hydrogens is 479 g/mol. The van der Waals surface area contributed by atoms with Crippen molar-refractivity contribution in [1.82, 2.24) is 4.57 Å². The van der Waals surface area contributed by atoms with Gasteiger partial charge in [-0.15, -0.1) is 0 Å². The predicted molar refractivity (Wildman–Crippen MR) is 126 cm³/mol. The van der Waals surface area contributed by atoms with Crippen molar-refractivity contribution in [3.05, 3.63) is 23.9 Å². The Morgan fingerprint density at radius 3 is 2.42 bits per heavy atom. The fourth-order valence-corrected chi connectivity index (χ4v) is 5.79. The minimum Gasteiger partial charge on any atom is -0.461 e. The van der Waals surface area contributed by atoms with E-state index in [9.17, 15) is 27.6 Å². The van der Waals surface area contributed by atoms with Crippen LogP contribution in [0.15, 0.2) is 18.2 Å². The van der Waals surface area contributed by atoms with Gasteiger partial charge in [0.05, 0.1) is 12.1 Å². The number of halogens is 3. The van der Waals surface area contributed by atoms with Crippen LogP contribution in [-0.2, 0) is 21.4 Å². The summed E-state index contributed by atoms with van der Waals surface area (Å²) in [5.41, 5.74) is 6.45. The minimum absolute atomic E-state index is 0.0190. The van der Waals surface area contributed by atoms with Crippen molar-refractivity contribution in [3.8, 4) is 5.75 Å². The summed E-state index contributed by atoms with van der Waals surface area (Å²) in [6, 6.07) is 4.33. The molecule has 2 N–H and O–H groups in total. The first kappa shape index (κ1) is 25.8. The number of nitrogens with two attached hydrogens (primary N) is 1. The Balaban J connectivity index is 1.78.